The fourth-order valence-corrected chi connectivity index (χ4v) is 1.73. The van der Waals surface area contributed by atoms with E-state index in [-0.39, 0.29) is 18.3 Å². The number of rotatable bonds is 9. The predicted octanol–water partition coefficient (Wildman–Crippen LogP) is 2.85. The van der Waals surface area contributed by atoms with Gasteiger partial charge in [0.1, 0.15) is 12.4 Å². The van der Waals surface area contributed by atoms with Crippen molar-refractivity contribution in [3.05, 3.63) is 23.2 Å². The van der Waals surface area contributed by atoms with E-state index in [2.05, 4.69) is 5.32 Å². The molecule has 0 unspecified atom stereocenters. The molecule has 0 atom stereocenters. The number of ether oxygens (including phenoxy) is 2. The Morgan fingerprint density at radius 1 is 1.38 bits per heavy atom. The second-order valence-electron chi connectivity index (χ2n) is 4.13. The van der Waals surface area contributed by atoms with Crippen molar-refractivity contribution in [1.82, 2.24) is 0 Å². The summed E-state index contributed by atoms with van der Waals surface area (Å²) in [7, 11) is 0. The van der Waals surface area contributed by atoms with Crippen LogP contribution in [-0.4, -0.2) is 32.3 Å². The molecule has 0 spiro atoms. The maximum Gasteiger partial charge on any atom is 0.224 e. The number of carbonyl (C=O) groups is 1. The maximum atomic E-state index is 11.7. The molecular weight excluding hydrogens is 315 g/mol. The monoisotopic (exact) mass is 336 g/mol. The van der Waals surface area contributed by atoms with Gasteiger partial charge in [0.15, 0.2) is 0 Å². The Labute approximate surface area is 136 Å². The highest BCUT2D eigenvalue weighted by atomic mass is 35.5. The summed E-state index contributed by atoms with van der Waals surface area (Å²) in [5.41, 5.74) is 5.94. The lowest BCUT2D eigenvalue weighted by Crippen LogP contribution is -2.15. The minimum absolute atomic E-state index is 0. The van der Waals surface area contributed by atoms with Gasteiger partial charge in [-0.1, -0.05) is 11.6 Å². The summed E-state index contributed by atoms with van der Waals surface area (Å²) in [6.07, 6.45) is 1.02. The van der Waals surface area contributed by atoms with Crippen LogP contribution >= 0.6 is 24.0 Å². The molecule has 0 heterocycles. The molecule has 0 aliphatic heterocycles. The Kier molecular flexibility index (Phi) is 11.1. The molecule has 0 aliphatic carbocycles. The molecule has 7 heteroatoms. The minimum Gasteiger partial charge on any atom is -0.489 e. The number of nitrogens with one attached hydrogen (secondary N) is 1. The van der Waals surface area contributed by atoms with Gasteiger partial charge in [0.2, 0.25) is 5.91 Å². The van der Waals surface area contributed by atoms with Crippen molar-refractivity contribution >= 4 is 35.6 Å². The van der Waals surface area contributed by atoms with Crippen molar-refractivity contribution in [3.63, 3.8) is 0 Å². The van der Waals surface area contributed by atoms with Crippen LogP contribution in [0, 0.1) is 0 Å². The molecule has 120 valence electrons. The SMILES string of the molecule is CCOCCOc1ccc(Cl)cc1NC(=O)CCCN.Cl. The molecule has 1 amide bonds. The zero-order valence-corrected chi connectivity index (χ0v) is 13.6. The summed E-state index contributed by atoms with van der Waals surface area (Å²) >= 11 is 5.94. The highest BCUT2D eigenvalue weighted by Crippen LogP contribution is 2.28. The largest absolute Gasteiger partial charge is 0.489 e. The Balaban J connectivity index is 0.00000400. The first kappa shape index (κ1) is 20.0. The van der Waals surface area contributed by atoms with E-state index < -0.39 is 0 Å². The van der Waals surface area contributed by atoms with E-state index in [0.717, 1.165) is 0 Å². The first-order valence-electron chi connectivity index (χ1n) is 6.67. The standard InChI is InChI=1S/C14H21ClN2O3.ClH/c1-2-19-8-9-20-13-6-5-11(15)10-12(13)17-14(18)4-3-7-16;/h5-6,10H,2-4,7-9,16H2,1H3,(H,17,18);1H. The van der Waals surface area contributed by atoms with Crippen LogP contribution in [0.4, 0.5) is 5.69 Å². The summed E-state index contributed by atoms with van der Waals surface area (Å²) < 4.78 is 10.8. The smallest absolute Gasteiger partial charge is 0.224 e. The van der Waals surface area contributed by atoms with Gasteiger partial charge in [0.05, 0.1) is 12.3 Å². The summed E-state index contributed by atoms with van der Waals surface area (Å²) in [5.74, 6) is 0.475. The average molecular weight is 337 g/mol. The van der Waals surface area contributed by atoms with Crippen LogP contribution in [0.1, 0.15) is 19.8 Å². The summed E-state index contributed by atoms with van der Waals surface area (Å²) in [4.78, 5) is 11.7. The lowest BCUT2D eigenvalue weighted by molar-refractivity contribution is -0.116. The summed E-state index contributed by atoms with van der Waals surface area (Å²) in [6.45, 7) is 3.97. The van der Waals surface area contributed by atoms with Crippen LogP contribution in [0.3, 0.4) is 0 Å². The van der Waals surface area contributed by atoms with Crippen molar-refractivity contribution in [2.24, 2.45) is 5.73 Å². The molecule has 1 rings (SSSR count). The van der Waals surface area contributed by atoms with E-state index in [1.165, 1.54) is 0 Å². The van der Waals surface area contributed by atoms with Crippen LogP contribution in [0.25, 0.3) is 0 Å². The van der Waals surface area contributed by atoms with Crippen LogP contribution < -0.4 is 15.8 Å². The second-order valence-corrected chi connectivity index (χ2v) is 4.56. The lowest BCUT2D eigenvalue weighted by Gasteiger charge is -2.13. The number of anilines is 1. The third-order valence-electron chi connectivity index (χ3n) is 2.51. The number of halogens is 2. The van der Waals surface area contributed by atoms with Gasteiger partial charge in [-0.2, -0.15) is 0 Å². The quantitative estimate of drug-likeness (QED) is 0.680. The predicted molar refractivity (Wildman–Crippen MR) is 87.6 cm³/mol. The van der Waals surface area contributed by atoms with Crippen molar-refractivity contribution < 1.29 is 14.3 Å². The molecule has 0 bridgehead atoms. The van der Waals surface area contributed by atoms with Crippen LogP contribution in [0.2, 0.25) is 5.02 Å². The van der Waals surface area contributed by atoms with E-state index in [4.69, 9.17) is 26.8 Å². The Bertz CT molecular complexity index is 431. The number of carbonyl (C=O) groups excluding carboxylic acids is 1. The number of benzene rings is 1. The van der Waals surface area contributed by atoms with Gasteiger partial charge in [-0.25, -0.2) is 0 Å². The molecule has 1 aromatic carbocycles. The van der Waals surface area contributed by atoms with Crippen LogP contribution in [-0.2, 0) is 9.53 Å². The molecular formula is C14H22Cl2N2O3. The minimum atomic E-state index is -0.104. The molecule has 0 aliphatic rings. The first-order chi connectivity index (χ1) is 9.67. The fraction of sp³-hybridized carbons (Fsp3) is 0.500. The van der Waals surface area contributed by atoms with Crippen molar-refractivity contribution in [1.29, 1.82) is 0 Å². The third-order valence-corrected chi connectivity index (χ3v) is 2.75. The summed E-state index contributed by atoms with van der Waals surface area (Å²) in [5, 5.41) is 3.32. The molecule has 0 fully saturated rings. The summed E-state index contributed by atoms with van der Waals surface area (Å²) in [6, 6.07) is 5.11. The van der Waals surface area contributed by atoms with Crippen LogP contribution in [0.15, 0.2) is 18.2 Å². The van der Waals surface area contributed by atoms with E-state index in [1.54, 1.807) is 18.2 Å². The normalized spacial score (nSPS) is 9.86. The number of hydrogen-bond acceptors (Lipinski definition) is 4. The van der Waals surface area contributed by atoms with E-state index in [0.29, 0.717) is 55.7 Å². The number of hydrogen-bond donors (Lipinski definition) is 2. The van der Waals surface area contributed by atoms with Crippen molar-refractivity contribution in [3.8, 4) is 5.75 Å². The maximum absolute atomic E-state index is 11.7. The van der Waals surface area contributed by atoms with Gasteiger partial charge in [0, 0.05) is 18.1 Å². The van der Waals surface area contributed by atoms with Gasteiger partial charge < -0.3 is 20.5 Å². The highest BCUT2D eigenvalue weighted by molar-refractivity contribution is 6.31. The molecule has 0 saturated heterocycles. The van der Waals surface area contributed by atoms with Gasteiger partial charge in [-0.05, 0) is 38.1 Å². The molecule has 21 heavy (non-hydrogen) atoms. The number of amides is 1. The van der Waals surface area contributed by atoms with Gasteiger partial charge in [0.25, 0.3) is 0 Å². The van der Waals surface area contributed by atoms with Gasteiger partial charge in [-0.15, -0.1) is 12.4 Å². The third kappa shape index (κ3) is 8.12. The van der Waals surface area contributed by atoms with Crippen molar-refractivity contribution in [2.45, 2.75) is 19.8 Å². The van der Waals surface area contributed by atoms with E-state index >= 15 is 0 Å². The van der Waals surface area contributed by atoms with Crippen LogP contribution in [0.5, 0.6) is 5.75 Å². The molecule has 0 aromatic heterocycles. The fourth-order valence-electron chi connectivity index (χ4n) is 1.56. The Morgan fingerprint density at radius 2 is 2.14 bits per heavy atom. The zero-order valence-electron chi connectivity index (χ0n) is 12.1. The highest BCUT2D eigenvalue weighted by Gasteiger charge is 2.08. The second kappa shape index (κ2) is 11.6. The molecule has 0 radical (unpaired) electrons. The molecule has 1 aromatic rings. The first-order valence-corrected chi connectivity index (χ1v) is 7.05. The van der Waals surface area contributed by atoms with Gasteiger partial charge >= 0.3 is 0 Å². The van der Waals surface area contributed by atoms with Crippen molar-refractivity contribution in [2.75, 3.05) is 31.7 Å². The lowest BCUT2D eigenvalue weighted by atomic mass is 10.2. The van der Waals surface area contributed by atoms with E-state index in [9.17, 15) is 4.79 Å². The molecule has 3 N–H and O–H groups in total. The number of nitrogens with two attached hydrogens (primary N) is 1. The van der Waals surface area contributed by atoms with Gasteiger partial charge in [-0.3, -0.25) is 4.79 Å². The Hall–Kier alpha value is -1.01. The van der Waals surface area contributed by atoms with E-state index in [1.807, 2.05) is 6.92 Å². The molecule has 0 saturated carbocycles. The average Bonchev–Trinajstić information content (AvgIpc) is 2.43. The zero-order chi connectivity index (χ0) is 14.8. The topological polar surface area (TPSA) is 73.6 Å². The molecule has 5 nitrogen and oxygen atoms in total. The Morgan fingerprint density at radius 3 is 2.81 bits per heavy atom.